The van der Waals surface area contributed by atoms with Gasteiger partial charge in [0.15, 0.2) is 0 Å². The Hall–Kier alpha value is -3.06. The molecule has 158 valence electrons. The fraction of sp³-hybridized carbons (Fsp3) is 0.167. The van der Waals surface area contributed by atoms with Crippen LogP contribution in [0, 0.1) is 11.6 Å². The van der Waals surface area contributed by atoms with E-state index in [1.165, 1.54) is 24.3 Å². The minimum Gasteiger partial charge on any atom is -0.478 e. The van der Waals surface area contributed by atoms with E-state index in [2.05, 4.69) is 20.9 Å². The summed E-state index contributed by atoms with van der Waals surface area (Å²) >= 11 is 3.45. The highest BCUT2D eigenvalue weighted by Gasteiger charge is 2.23. The molecule has 2 aromatic carbocycles. The number of pyridine rings is 1. The lowest BCUT2D eigenvalue weighted by atomic mass is 9.96. The molecule has 1 heterocycles. The molecule has 1 aromatic heterocycles. The van der Waals surface area contributed by atoms with Crippen molar-refractivity contribution < 1.29 is 23.4 Å². The topological polar surface area (TPSA) is 59.4 Å². The van der Waals surface area contributed by atoms with Crippen LogP contribution in [-0.4, -0.2) is 16.1 Å². The van der Waals surface area contributed by atoms with E-state index in [-0.39, 0.29) is 18.0 Å². The molecule has 0 unspecified atom stereocenters. The minimum atomic E-state index is -1.30. The summed E-state index contributed by atoms with van der Waals surface area (Å²) in [4.78, 5) is 15.8. The predicted molar refractivity (Wildman–Crippen MR) is 117 cm³/mol. The van der Waals surface area contributed by atoms with Crippen molar-refractivity contribution in [2.75, 3.05) is 0 Å². The number of halogens is 3. The lowest BCUT2D eigenvalue weighted by Crippen LogP contribution is -2.02. The number of carbonyl (C=O) groups is 1. The molecule has 7 heteroatoms. The summed E-state index contributed by atoms with van der Waals surface area (Å²) in [6.07, 6.45) is 4.03. The second-order valence-corrected chi connectivity index (χ2v) is 8.15. The van der Waals surface area contributed by atoms with Crippen LogP contribution in [0.1, 0.15) is 46.3 Å². The molecule has 0 spiro atoms. The van der Waals surface area contributed by atoms with E-state index in [4.69, 9.17) is 4.74 Å². The first-order chi connectivity index (χ1) is 14.9. The molecule has 0 amide bonds. The monoisotopic (exact) mass is 485 g/mol. The minimum absolute atomic E-state index is 0.226. The first kappa shape index (κ1) is 21.2. The van der Waals surface area contributed by atoms with Crippen molar-refractivity contribution in [3.05, 3.63) is 93.1 Å². The number of aromatic nitrogens is 1. The third-order valence-electron chi connectivity index (χ3n) is 5.19. The van der Waals surface area contributed by atoms with Crippen LogP contribution in [0.25, 0.3) is 11.1 Å². The van der Waals surface area contributed by atoms with Crippen molar-refractivity contribution in [2.24, 2.45) is 0 Å². The number of allylic oxidation sites excluding steroid dienone is 2. The molecular weight excluding hydrogens is 468 g/mol. The van der Waals surface area contributed by atoms with E-state index in [0.717, 1.165) is 46.0 Å². The molecule has 0 aliphatic heterocycles. The summed E-state index contributed by atoms with van der Waals surface area (Å²) in [5.41, 5.74) is 3.87. The van der Waals surface area contributed by atoms with Crippen LogP contribution in [0.4, 0.5) is 8.78 Å². The van der Waals surface area contributed by atoms with E-state index >= 15 is 0 Å². The molecule has 4 nitrogen and oxygen atoms in total. The Bertz CT molecular complexity index is 1180. The summed E-state index contributed by atoms with van der Waals surface area (Å²) in [7, 11) is 0. The van der Waals surface area contributed by atoms with Gasteiger partial charge in [0.2, 0.25) is 5.88 Å². The molecule has 3 aromatic rings. The third kappa shape index (κ3) is 4.66. The Morgan fingerprint density at radius 1 is 1.06 bits per heavy atom. The van der Waals surface area contributed by atoms with Gasteiger partial charge in [0.05, 0.1) is 5.56 Å². The van der Waals surface area contributed by atoms with Crippen LogP contribution < -0.4 is 4.74 Å². The molecule has 0 fully saturated rings. The van der Waals surface area contributed by atoms with Crippen LogP contribution in [0.5, 0.6) is 5.88 Å². The summed E-state index contributed by atoms with van der Waals surface area (Å²) < 4.78 is 33.8. The Labute approximate surface area is 186 Å². The average molecular weight is 486 g/mol. The van der Waals surface area contributed by atoms with Gasteiger partial charge in [-0.25, -0.2) is 18.6 Å². The van der Waals surface area contributed by atoms with E-state index < -0.39 is 11.8 Å². The fourth-order valence-electron chi connectivity index (χ4n) is 3.73. The van der Waals surface area contributed by atoms with Crippen molar-refractivity contribution in [3.8, 4) is 5.88 Å². The van der Waals surface area contributed by atoms with Crippen molar-refractivity contribution in [1.29, 1.82) is 0 Å². The number of carboxylic acids is 1. The van der Waals surface area contributed by atoms with Crippen LogP contribution in [0.15, 0.2) is 59.2 Å². The molecule has 0 saturated heterocycles. The van der Waals surface area contributed by atoms with Gasteiger partial charge < -0.3 is 9.84 Å². The first-order valence-electron chi connectivity index (χ1n) is 9.71. The number of rotatable bonds is 6. The molecular formula is C24H18BrF2NO3. The Morgan fingerprint density at radius 3 is 2.55 bits per heavy atom. The Kier molecular flexibility index (Phi) is 6.13. The van der Waals surface area contributed by atoms with Gasteiger partial charge in [-0.05, 0) is 87.8 Å². The van der Waals surface area contributed by atoms with Gasteiger partial charge in [-0.1, -0.05) is 18.2 Å². The number of hydrogen-bond donors (Lipinski definition) is 1. The van der Waals surface area contributed by atoms with Crippen molar-refractivity contribution >= 4 is 33.0 Å². The number of aromatic carboxylic acids is 1. The van der Waals surface area contributed by atoms with Crippen LogP contribution in [0.2, 0.25) is 0 Å². The normalized spacial score (nSPS) is 13.5. The van der Waals surface area contributed by atoms with Crippen LogP contribution in [0.3, 0.4) is 0 Å². The number of carboxylic acid groups (broad SMARTS) is 1. The third-order valence-corrected chi connectivity index (χ3v) is 5.63. The SMILES string of the molecule is O=C(O)c1cc(C2=C(c3cc(Br)cnc3OCc3ccc(F)cc3)CCC2)ccc1F. The summed E-state index contributed by atoms with van der Waals surface area (Å²) in [6, 6.07) is 12.1. The highest BCUT2D eigenvalue weighted by Crippen LogP contribution is 2.43. The van der Waals surface area contributed by atoms with Crippen molar-refractivity contribution in [1.82, 2.24) is 4.98 Å². The van der Waals surface area contributed by atoms with Crippen LogP contribution in [-0.2, 0) is 6.61 Å². The maximum atomic E-state index is 13.9. The summed E-state index contributed by atoms with van der Waals surface area (Å²) in [6.45, 7) is 0.226. The Balaban J connectivity index is 1.72. The lowest BCUT2D eigenvalue weighted by Gasteiger charge is -2.14. The van der Waals surface area contributed by atoms with Crippen LogP contribution >= 0.6 is 15.9 Å². The second-order valence-electron chi connectivity index (χ2n) is 7.23. The van der Waals surface area contributed by atoms with Gasteiger partial charge in [-0.2, -0.15) is 0 Å². The fourth-order valence-corrected chi connectivity index (χ4v) is 4.06. The first-order valence-corrected chi connectivity index (χ1v) is 10.5. The molecule has 1 N–H and O–H groups in total. The molecule has 1 aliphatic rings. The van der Waals surface area contributed by atoms with E-state index in [1.807, 2.05) is 6.07 Å². The average Bonchev–Trinajstić information content (AvgIpc) is 3.24. The standard InChI is InChI=1S/C24H18BrF2NO3/c25-16-11-20(23(28-12-16)31-13-14-4-7-17(26)8-5-14)19-3-1-2-18(19)15-6-9-22(27)21(10-15)24(29)30/h4-12H,1-3,13H2,(H,29,30). The molecule has 0 saturated carbocycles. The van der Waals surface area contributed by atoms with E-state index in [9.17, 15) is 18.7 Å². The zero-order chi connectivity index (χ0) is 22.0. The number of hydrogen-bond acceptors (Lipinski definition) is 3. The number of nitrogens with zero attached hydrogens (tertiary/aromatic N) is 1. The van der Waals surface area contributed by atoms with Crippen molar-refractivity contribution in [3.63, 3.8) is 0 Å². The zero-order valence-electron chi connectivity index (χ0n) is 16.4. The molecule has 4 rings (SSSR count). The van der Waals surface area contributed by atoms with E-state index in [0.29, 0.717) is 11.4 Å². The number of benzene rings is 2. The largest absolute Gasteiger partial charge is 0.478 e. The summed E-state index contributed by atoms with van der Waals surface area (Å²) in [5.74, 6) is -1.94. The molecule has 31 heavy (non-hydrogen) atoms. The second kappa shape index (κ2) is 8.98. The van der Waals surface area contributed by atoms with E-state index in [1.54, 1.807) is 24.4 Å². The maximum Gasteiger partial charge on any atom is 0.338 e. The smallest absolute Gasteiger partial charge is 0.338 e. The lowest BCUT2D eigenvalue weighted by molar-refractivity contribution is 0.0692. The molecule has 0 atom stereocenters. The summed E-state index contributed by atoms with van der Waals surface area (Å²) in [5, 5.41) is 9.28. The highest BCUT2D eigenvalue weighted by atomic mass is 79.9. The Morgan fingerprint density at radius 2 is 1.81 bits per heavy atom. The van der Waals surface area contributed by atoms with Gasteiger partial charge in [0.25, 0.3) is 0 Å². The van der Waals surface area contributed by atoms with Gasteiger partial charge in [0.1, 0.15) is 18.2 Å². The quantitative estimate of drug-likeness (QED) is 0.433. The number of ether oxygens (including phenoxy) is 1. The molecule has 1 aliphatic carbocycles. The predicted octanol–water partition coefficient (Wildman–Crippen LogP) is 6.49. The molecule has 0 radical (unpaired) electrons. The van der Waals surface area contributed by atoms with Crippen molar-refractivity contribution in [2.45, 2.75) is 25.9 Å². The van der Waals surface area contributed by atoms with Gasteiger partial charge >= 0.3 is 5.97 Å². The van der Waals surface area contributed by atoms with Gasteiger partial charge in [0, 0.05) is 16.2 Å². The zero-order valence-corrected chi connectivity index (χ0v) is 18.0. The molecule has 0 bridgehead atoms. The maximum absolute atomic E-state index is 13.9. The van der Waals surface area contributed by atoms with Gasteiger partial charge in [-0.3, -0.25) is 0 Å². The van der Waals surface area contributed by atoms with Gasteiger partial charge in [-0.15, -0.1) is 0 Å². The highest BCUT2D eigenvalue weighted by molar-refractivity contribution is 9.10.